The SMILES string of the molecule is Cc1nn(CC(C)C(=O)NC(C)c2cccc(-n3cccc3)c2)c(C)c1Br. The van der Waals surface area contributed by atoms with E-state index in [-0.39, 0.29) is 17.9 Å². The Morgan fingerprint density at radius 3 is 2.52 bits per heavy atom. The van der Waals surface area contributed by atoms with Crippen LogP contribution in [0.1, 0.15) is 36.8 Å². The number of hydrogen-bond donors (Lipinski definition) is 1. The first-order chi connectivity index (χ1) is 12.9. The molecule has 0 aliphatic carbocycles. The van der Waals surface area contributed by atoms with Crippen LogP contribution in [0.5, 0.6) is 0 Å². The van der Waals surface area contributed by atoms with Crippen molar-refractivity contribution >= 4 is 21.8 Å². The molecule has 0 spiro atoms. The first-order valence-electron chi connectivity index (χ1n) is 9.10. The summed E-state index contributed by atoms with van der Waals surface area (Å²) in [6, 6.07) is 12.1. The van der Waals surface area contributed by atoms with Crippen molar-refractivity contribution in [2.24, 2.45) is 5.92 Å². The molecule has 1 aromatic carbocycles. The molecule has 0 bridgehead atoms. The maximum Gasteiger partial charge on any atom is 0.225 e. The van der Waals surface area contributed by atoms with Gasteiger partial charge in [0, 0.05) is 23.8 Å². The molecular weight excluding hydrogens is 404 g/mol. The van der Waals surface area contributed by atoms with Gasteiger partial charge in [-0.15, -0.1) is 0 Å². The van der Waals surface area contributed by atoms with Gasteiger partial charge in [0.25, 0.3) is 0 Å². The zero-order valence-corrected chi connectivity index (χ0v) is 17.7. The van der Waals surface area contributed by atoms with Crippen LogP contribution in [0.4, 0.5) is 0 Å². The number of hydrogen-bond acceptors (Lipinski definition) is 2. The van der Waals surface area contributed by atoms with Gasteiger partial charge in [0.05, 0.1) is 28.7 Å². The maximum absolute atomic E-state index is 12.7. The Balaban J connectivity index is 1.66. The lowest BCUT2D eigenvalue weighted by molar-refractivity contribution is -0.125. The molecule has 1 N–H and O–H groups in total. The fourth-order valence-corrected chi connectivity index (χ4v) is 3.38. The zero-order chi connectivity index (χ0) is 19.6. The highest BCUT2D eigenvalue weighted by Gasteiger charge is 2.19. The lowest BCUT2D eigenvalue weighted by atomic mass is 10.1. The monoisotopic (exact) mass is 428 g/mol. The van der Waals surface area contributed by atoms with Gasteiger partial charge in [-0.2, -0.15) is 5.10 Å². The third-order valence-electron chi connectivity index (χ3n) is 4.82. The highest BCUT2D eigenvalue weighted by molar-refractivity contribution is 9.10. The van der Waals surface area contributed by atoms with E-state index < -0.39 is 0 Å². The van der Waals surface area contributed by atoms with E-state index in [0.717, 1.165) is 27.1 Å². The summed E-state index contributed by atoms with van der Waals surface area (Å²) in [6.07, 6.45) is 4.02. The van der Waals surface area contributed by atoms with E-state index in [1.54, 1.807) is 0 Å². The van der Waals surface area contributed by atoms with Crippen LogP contribution in [0.25, 0.3) is 5.69 Å². The molecule has 0 saturated carbocycles. The summed E-state index contributed by atoms with van der Waals surface area (Å²) in [5, 5.41) is 7.63. The number of nitrogens with one attached hydrogen (secondary N) is 1. The van der Waals surface area contributed by atoms with E-state index in [4.69, 9.17) is 0 Å². The van der Waals surface area contributed by atoms with Crippen LogP contribution >= 0.6 is 15.9 Å². The lowest BCUT2D eigenvalue weighted by Crippen LogP contribution is -2.33. The van der Waals surface area contributed by atoms with E-state index in [2.05, 4.69) is 43.0 Å². The number of nitrogens with zero attached hydrogens (tertiary/aromatic N) is 3. The number of benzene rings is 1. The molecule has 5 nitrogen and oxygen atoms in total. The first kappa shape index (κ1) is 19.4. The van der Waals surface area contributed by atoms with Crippen LogP contribution < -0.4 is 5.32 Å². The van der Waals surface area contributed by atoms with Crippen LogP contribution in [0.2, 0.25) is 0 Å². The summed E-state index contributed by atoms with van der Waals surface area (Å²) in [4.78, 5) is 12.7. The molecule has 2 unspecified atom stereocenters. The molecule has 0 aliphatic heterocycles. The molecule has 27 heavy (non-hydrogen) atoms. The van der Waals surface area contributed by atoms with Crippen LogP contribution in [0.3, 0.4) is 0 Å². The molecule has 6 heteroatoms. The fraction of sp³-hybridized carbons (Fsp3) is 0.333. The van der Waals surface area contributed by atoms with E-state index >= 15 is 0 Å². The Labute approximate surface area is 168 Å². The van der Waals surface area contributed by atoms with Crippen LogP contribution in [-0.4, -0.2) is 20.3 Å². The Hall–Kier alpha value is -2.34. The van der Waals surface area contributed by atoms with Gasteiger partial charge in [0.1, 0.15) is 0 Å². The van der Waals surface area contributed by atoms with Gasteiger partial charge in [-0.3, -0.25) is 9.48 Å². The first-order valence-corrected chi connectivity index (χ1v) is 9.89. The molecule has 0 aliphatic rings. The minimum Gasteiger partial charge on any atom is -0.349 e. The molecule has 2 aromatic heterocycles. The van der Waals surface area contributed by atoms with Gasteiger partial charge < -0.3 is 9.88 Å². The predicted octanol–water partition coefficient (Wildman–Crippen LogP) is 4.57. The predicted molar refractivity (Wildman–Crippen MR) is 111 cm³/mol. The van der Waals surface area contributed by atoms with E-state index in [1.165, 1.54) is 0 Å². The van der Waals surface area contributed by atoms with Crippen molar-refractivity contribution in [2.75, 3.05) is 0 Å². The number of halogens is 1. The normalized spacial score (nSPS) is 13.4. The van der Waals surface area contributed by atoms with Crippen molar-refractivity contribution in [3.05, 3.63) is 70.2 Å². The molecule has 3 rings (SSSR count). The van der Waals surface area contributed by atoms with Gasteiger partial charge in [-0.05, 0) is 66.5 Å². The highest BCUT2D eigenvalue weighted by Crippen LogP contribution is 2.21. The Kier molecular flexibility index (Phi) is 5.85. The minimum absolute atomic E-state index is 0.0255. The number of aryl methyl sites for hydroxylation is 1. The van der Waals surface area contributed by atoms with Crippen LogP contribution in [0.15, 0.2) is 53.3 Å². The van der Waals surface area contributed by atoms with E-state index in [0.29, 0.717) is 6.54 Å². The molecule has 142 valence electrons. The third-order valence-corrected chi connectivity index (χ3v) is 5.97. The minimum atomic E-state index is -0.176. The number of carbonyl (C=O) groups excluding carboxylic acids is 1. The van der Waals surface area contributed by atoms with Crippen molar-refractivity contribution in [1.82, 2.24) is 19.7 Å². The lowest BCUT2D eigenvalue weighted by Gasteiger charge is -2.19. The van der Waals surface area contributed by atoms with E-state index in [9.17, 15) is 4.79 Å². The van der Waals surface area contributed by atoms with Crippen molar-refractivity contribution in [2.45, 2.75) is 40.3 Å². The summed E-state index contributed by atoms with van der Waals surface area (Å²) < 4.78 is 4.95. The Morgan fingerprint density at radius 1 is 1.19 bits per heavy atom. The molecule has 2 heterocycles. The second-order valence-corrected chi connectivity index (χ2v) is 7.78. The molecular formula is C21H25BrN4O. The Bertz CT molecular complexity index is 930. The summed E-state index contributed by atoms with van der Waals surface area (Å²) in [5.41, 5.74) is 4.14. The summed E-state index contributed by atoms with van der Waals surface area (Å²) >= 11 is 3.53. The smallest absolute Gasteiger partial charge is 0.225 e. The summed E-state index contributed by atoms with van der Waals surface area (Å²) in [6.45, 7) is 8.46. The van der Waals surface area contributed by atoms with Crippen LogP contribution in [0, 0.1) is 19.8 Å². The quantitative estimate of drug-likeness (QED) is 0.624. The van der Waals surface area contributed by atoms with Gasteiger partial charge >= 0.3 is 0 Å². The molecule has 3 aromatic rings. The largest absolute Gasteiger partial charge is 0.349 e. The second kappa shape index (κ2) is 8.13. The van der Waals surface area contributed by atoms with Crippen LogP contribution in [-0.2, 0) is 11.3 Å². The van der Waals surface area contributed by atoms with Gasteiger partial charge in [-0.25, -0.2) is 0 Å². The topological polar surface area (TPSA) is 51.9 Å². The average molecular weight is 429 g/mol. The van der Waals surface area contributed by atoms with Crippen molar-refractivity contribution in [1.29, 1.82) is 0 Å². The molecule has 0 saturated heterocycles. The number of amides is 1. The van der Waals surface area contributed by atoms with Crippen molar-refractivity contribution in [3.63, 3.8) is 0 Å². The third kappa shape index (κ3) is 4.33. The van der Waals surface area contributed by atoms with Crippen molar-refractivity contribution < 1.29 is 4.79 Å². The zero-order valence-electron chi connectivity index (χ0n) is 16.1. The average Bonchev–Trinajstić information content (AvgIpc) is 3.27. The Morgan fingerprint density at radius 2 is 1.89 bits per heavy atom. The van der Waals surface area contributed by atoms with Gasteiger partial charge in [0.15, 0.2) is 0 Å². The highest BCUT2D eigenvalue weighted by atomic mass is 79.9. The number of carbonyl (C=O) groups is 1. The second-order valence-electron chi connectivity index (χ2n) is 6.98. The fourth-order valence-electron chi connectivity index (χ4n) is 3.10. The maximum atomic E-state index is 12.7. The molecule has 2 atom stereocenters. The van der Waals surface area contributed by atoms with E-state index in [1.807, 2.05) is 69.0 Å². The molecule has 0 fully saturated rings. The number of aromatic nitrogens is 3. The van der Waals surface area contributed by atoms with Gasteiger partial charge in [-0.1, -0.05) is 19.1 Å². The molecule has 0 radical (unpaired) electrons. The van der Waals surface area contributed by atoms with Gasteiger partial charge in [0.2, 0.25) is 5.91 Å². The summed E-state index contributed by atoms with van der Waals surface area (Å²) in [5.74, 6) is -0.150. The number of rotatable bonds is 6. The standard InChI is InChI=1S/C21H25BrN4O/c1-14(13-26-17(4)20(22)16(3)24-26)21(27)23-15(2)18-8-7-9-19(12-18)25-10-5-6-11-25/h5-12,14-15H,13H2,1-4H3,(H,23,27). The summed E-state index contributed by atoms with van der Waals surface area (Å²) in [7, 11) is 0. The van der Waals surface area contributed by atoms with Crippen molar-refractivity contribution in [3.8, 4) is 5.69 Å². The molecule has 1 amide bonds.